The number of unbranched alkanes of at least 4 members (excludes halogenated alkanes) is 1. The first-order valence-electron chi connectivity index (χ1n) is 5.85. The average molecular weight is 206 g/mol. The molecule has 0 N–H and O–H groups in total. The zero-order chi connectivity index (χ0) is 11.3. The Kier molecular flexibility index (Phi) is 4.67. The van der Waals surface area contributed by atoms with E-state index in [9.17, 15) is 0 Å². The molecule has 0 fully saturated rings. The maximum Gasteiger partial charge on any atom is 0.122 e. The van der Waals surface area contributed by atoms with Crippen molar-refractivity contribution >= 4 is 0 Å². The van der Waals surface area contributed by atoms with Crippen LogP contribution in [0.1, 0.15) is 50.7 Å². The number of ether oxygens (including phenoxy) is 1. The van der Waals surface area contributed by atoms with Crippen LogP contribution in [0.5, 0.6) is 5.75 Å². The molecule has 0 saturated carbocycles. The molecule has 0 aromatic heterocycles. The molecule has 0 amide bonds. The summed E-state index contributed by atoms with van der Waals surface area (Å²) in [5.41, 5.74) is 2.69. The first-order valence-corrected chi connectivity index (χ1v) is 5.85. The predicted octanol–water partition coefficient (Wildman–Crippen LogP) is 4.16. The summed E-state index contributed by atoms with van der Waals surface area (Å²) in [6, 6.07) is 6.62. The maximum absolute atomic E-state index is 5.43. The summed E-state index contributed by atoms with van der Waals surface area (Å²) >= 11 is 0. The fourth-order valence-corrected chi connectivity index (χ4v) is 1.77. The van der Waals surface area contributed by atoms with Crippen LogP contribution < -0.4 is 4.74 Å². The van der Waals surface area contributed by atoms with Gasteiger partial charge in [-0.25, -0.2) is 0 Å². The molecule has 0 unspecified atom stereocenters. The van der Waals surface area contributed by atoms with E-state index in [1.807, 2.05) is 0 Å². The SMILES string of the molecule is CCCCc1ccc(C(C)C)c(OC)c1. The van der Waals surface area contributed by atoms with Gasteiger partial charge in [0.05, 0.1) is 7.11 Å². The van der Waals surface area contributed by atoms with Crippen LogP contribution in [0.15, 0.2) is 18.2 Å². The van der Waals surface area contributed by atoms with E-state index in [1.165, 1.54) is 24.0 Å². The minimum atomic E-state index is 0.528. The van der Waals surface area contributed by atoms with Gasteiger partial charge >= 0.3 is 0 Å². The molecule has 0 spiro atoms. The van der Waals surface area contributed by atoms with Crippen molar-refractivity contribution in [3.05, 3.63) is 29.3 Å². The highest BCUT2D eigenvalue weighted by Crippen LogP contribution is 2.27. The lowest BCUT2D eigenvalue weighted by Crippen LogP contribution is -1.96. The zero-order valence-corrected chi connectivity index (χ0v) is 10.3. The van der Waals surface area contributed by atoms with Gasteiger partial charge < -0.3 is 4.74 Å². The number of hydrogen-bond donors (Lipinski definition) is 0. The van der Waals surface area contributed by atoms with Crippen molar-refractivity contribution in [2.75, 3.05) is 7.11 Å². The first kappa shape index (κ1) is 12.1. The van der Waals surface area contributed by atoms with Crippen LogP contribution in [0.25, 0.3) is 0 Å². The van der Waals surface area contributed by atoms with Crippen LogP contribution in [-0.2, 0) is 6.42 Å². The van der Waals surface area contributed by atoms with Crippen LogP contribution in [0.3, 0.4) is 0 Å². The van der Waals surface area contributed by atoms with Crippen molar-refractivity contribution in [2.45, 2.75) is 46.0 Å². The molecule has 1 aromatic rings. The molecule has 1 nitrogen and oxygen atoms in total. The minimum absolute atomic E-state index is 0.528. The summed E-state index contributed by atoms with van der Waals surface area (Å²) in [6.07, 6.45) is 3.66. The standard InChI is InChI=1S/C14H22O/c1-5-6-7-12-8-9-13(11(2)3)14(10-12)15-4/h8-11H,5-7H2,1-4H3. The second-order valence-corrected chi connectivity index (χ2v) is 4.33. The summed E-state index contributed by atoms with van der Waals surface area (Å²) in [4.78, 5) is 0. The van der Waals surface area contributed by atoms with E-state index in [-0.39, 0.29) is 0 Å². The molecular formula is C14H22O. The lowest BCUT2D eigenvalue weighted by atomic mass is 9.98. The molecule has 0 aliphatic rings. The molecule has 1 rings (SSSR count). The monoisotopic (exact) mass is 206 g/mol. The molecule has 0 heterocycles. The second kappa shape index (κ2) is 5.79. The van der Waals surface area contributed by atoms with Crippen molar-refractivity contribution < 1.29 is 4.74 Å². The normalized spacial score (nSPS) is 10.7. The Bertz CT molecular complexity index is 302. The van der Waals surface area contributed by atoms with Crippen molar-refractivity contribution in [3.8, 4) is 5.75 Å². The fraction of sp³-hybridized carbons (Fsp3) is 0.571. The number of hydrogen-bond acceptors (Lipinski definition) is 1. The van der Waals surface area contributed by atoms with Gasteiger partial charge in [0.2, 0.25) is 0 Å². The van der Waals surface area contributed by atoms with Gasteiger partial charge in [-0.2, -0.15) is 0 Å². The summed E-state index contributed by atoms with van der Waals surface area (Å²) in [5.74, 6) is 1.57. The van der Waals surface area contributed by atoms with Gasteiger partial charge in [-0.05, 0) is 36.0 Å². The maximum atomic E-state index is 5.43. The highest BCUT2D eigenvalue weighted by atomic mass is 16.5. The fourth-order valence-electron chi connectivity index (χ4n) is 1.77. The lowest BCUT2D eigenvalue weighted by Gasteiger charge is -2.13. The molecule has 0 bridgehead atoms. The molecule has 1 aromatic carbocycles. The molecule has 0 aliphatic heterocycles. The molecule has 0 radical (unpaired) electrons. The van der Waals surface area contributed by atoms with Crippen molar-refractivity contribution in [1.29, 1.82) is 0 Å². The second-order valence-electron chi connectivity index (χ2n) is 4.33. The minimum Gasteiger partial charge on any atom is -0.496 e. The Labute approximate surface area is 93.5 Å². The van der Waals surface area contributed by atoms with Gasteiger partial charge in [0.15, 0.2) is 0 Å². The van der Waals surface area contributed by atoms with Crippen molar-refractivity contribution in [1.82, 2.24) is 0 Å². The van der Waals surface area contributed by atoms with Crippen LogP contribution in [0.4, 0.5) is 0 Å². The lowest BCUT2D eigenvalue weighted by molar-refractivity contribution is 0.407. The molecule has 84 valence electrons. The number of benzene rings is 1. The summed E-state index contributed by atoms with van der Waals surface area (Å²) in [5, 5.41) is 0. The van der Waals surface area contributed by atoms with Crippen LogP contribution in [0, 0.1) is 0 Å². The highest BCUT2D eigenvalue weighted by molar-refractivity contribution is 5.39. The number of aryl methyl sites for hydroxylation is 1. The van der Waals surface area contributed by atoms with Crippen molar-refractivity contribution in [3.63, 3.8) is 0 Å². The van der Waals surface area contributed by atoms with Gasteiger partial charge in [0.1, 0.15) is 5.75 Å². The third kappa shape index (κ3) is 3.26. The van der Waals surface area contributed by atoms with E-state index >= 15 is 0 Å². The van der Waals surface area contributed by atoms with Crippen LogP contribution in [-0.4, -0.2) is 7.11 Å². The van der Waals surface area contributed by atoms with E-state index in [0.29, 0.717) is 5.92 Å². The molecule has 0 saturated heterocycles. The Hall–Kier alpha value is -0.980. The van der Waals surface area contributed by atoms with Gasteiger partial charge in [-0.15, -0.1) is 0 Å². The Balaban J connectivity index is 2.87. The summed E-state index contributed by atoms with van der Waals surface area (Å²) in [6.45, 7) is 6.62. The molecular weight excluding hydrogens is 184 g/mol. The van der Waals surface area contributed by atoms with Gasteiger partial charge in [-0.1, -0.05) is 39.3 Å². The van der Waals surface area contributed by atoms with E-state index in [0.717, 1.165) is 12.2 Å². The quantitative estimate of drug-likeness (QED) is 0.703. The summed E-state index contributed by atoms with van der Waals surface area (Å²) < 4.78 is 5.43. The van der Waals surface area contributed by atoms with E-state index < -0.39 is 0 Å². The predicted molar refractivity (Wildman–Crippen MR) is 65.7 cm³/mol. The molecule has 0 atom stereocenters. The first-order chi connectivity index (χ1) is 7.19. The van der Waals surface area contributed by atoms with E-state index in [1.54, 1.807) is 7.11 Å². The van der Waals surface area contributed by atoms with Gasteiger partial charge in [0.25, 0.3) is 0 Å². The Morgan fingerprint density at radius 3 is 2.53 bits per heavy atom. The number of rotatable bonds is 5. The van der Waals surface area contributed by atoms with E-state index in [4.69, 9.17) is 4.74 Å². The van der Waals surface area contributed by atoms with E-state index in [2.05, 4.69) is 39.0 Å². The van der Waals surface area contributed by atoms with Gasteiger partial charge in [-0.3, -0.25) is 0 Å². The third-order valence-electron chi connectivity index (χ3n) is 2.74. The number of methoxy groups -OCH3 is 1. The topological polar surface area (TPSA) is 9.23 Å². The molecule has 0 aliphatic carbocycles. The average Bonchev–Trinajstić information content (AvgIpc) is 2.25. The van der Waals surface area contributed by atoms with Crippen LogP contribution >= 0.6 is 0 Å². The van der Waals surface area contributed by atoms with Gasteiger partial charge in [0, 0.05) is 0 Å². The summed E-state index contributed by atoms with van der Waals surface area (Å²) in [7, 11) is 1.75. The smallest absolute Gasteiger partial charge is 0.122 e. The Morgan fingerprint density at radius 1 is 1.27 bits per heavy atom. The third-order valence-corrected chi connectivity index (χ3v) is 2.74. The van der Waals surface area contributed by atoms with Crippen molar-refractivity contribution in [2.24, 2.45) is 0 Å². The zero-order valence-electron chi connectivity index (χ0n) is 10.3. The molecule has 15 heavy (non-hydrogen) atoms. The largest absolute Gasteiger partial charge is 0.496 e. The molecule has 1 heteroatoms. The van der Waals surface area contributed by atoms with Crippen LogP contribution in [0.2, 0.25) is 0 Å². The Morgan fingerprint density at radius 2 is 2.00 bits per heavy atom. The highest BCUT2D eigenvalue weighted by Gasteiger charge is 2.07.